The van der Waals surface area contributed by atoms with Crippen LogP contribution in [0, 0.1) is 27.7 Å². The monoisotopic (exact) mass is 476 g/mol. The molecule has 4 rings (SSSR count). The predicted molar refractivity (Wildman–Crippen MR) is 135 cm³/mol. The topological polar surface area (TPSA) is 43.4 Å². The summed E-state index contributed by atoms with van der Waals surface area (Å²) in [6.45, 7) is 8.05. The van der Waals surface area contributed by atoms with Gasteiger partial charge >= 0.3 is 10.1 Å². The highest BCUT2D eigenvalue weighted by atomic mass is 32.3. The zero-order valence-electron chi connectivity index (χ0n) is 19.3. The van der Waals surface area contributed by atoms with Gasteiger partial charge in [0.1, 0.15) is 0 Å². The molecule has 3 nitrogen and oxygen atoms in total. The maximum atomic E-state index is 13.8. The average Bonchev–Trinajstić information content (AvgIpc) is 2.79. The Bertz CT molecular complexity index is 1300. The lowest BCUT2D eigenvalue weighted by Crippen LogP contribution is -2.16. The molecule has 33 heavy (non-hydrogen) atoms. The first-order valence-corrected chi connectivity index (χ1v) is 13.7. The Morgan fingerprint density at radius 1 is 0.545 bits per heavy atom. The second kappa shape index (κ2) is 9.18. The Morgan fingerprint density at radius 2 is 1.00 bits per heavy atom. The number of hydrogen-bond acceptors (Lipinski definition) is 3. The quantitative estimate of drug-likeness (QED) is 0.289. The number of hydrogen-bond donors (Lipinski definition) is 0. The largest absolute Gasteiger partial charge is 0.307 e. The first-order chi connectivity index (χ1) is 15.7. The van der Waals surface area contributed by atoms with Gasteiger partial charge in [-0.15, -0.1) is 0 Å². The Balaban J connectivity index is 2.08. The summed E-state index contributed by atoms with van der Waals surface area (Å²) >= 11 is 0. The van der Waals surface area contributed by atoms with Crippen LogP contribution in [-0.4, -0.2) is 8.42 Å². The van der Waals surface area contributed by atoms with Gasteiger partial charge in [-0.3, -0.25) is 0 Å². The molecule has 0 aliphatic rings. The van der Waals surface area contributed by atoms with Gasteiger partial charge < -0.3 is 0 Å². The smallest absolute Gasteiger partial charge is 0.203 e. The van der Waals surface area contributed by atoms with Crippen molar-refractivity contribution in [2.75, 3.05) is 0 Å². The third kappa shape index (κ3) is 4.49. The Labute approximate surface area is 198 Å². The van der Waals surface area contributed by atoms with E-state index in [0.29, 0.717) is 0 Å². The van der Waals surface area contributed by atoms with Crippen molar-refractivity contribution in [3.05, 3.63) is 119 Å². The van der Waals surface area contributed by atoms with Crippen molar-refractivity contribution >= 4 is 20.4 Å². The molecule has 0 spiro atoms. The SMILES string of the molecule is Cc1ccc(S(=O)(=O)OS(c2ccccc2)(c2ccccc2)c2c(C)cc(C)cc2C)cc1. The van der Waals surface area contributed by atoms with Crippen molar-refractivity contribution in [3.8, 4) is 0 Å². The summed E-state index contributed by atoms with van der Waals surface area (Å²) < 4.78 is 34.0. The maximum absolute atomic E-state index is 13.8. The molecule has 0 fully saturated rings. The number of aryl methyl sites for hydroxylation is 4. The van der Waals surface area contributed by atoms with Crippen LogP contribution in [0.25, 0.3) is 0 Å². The first kappa shape index (κ1) is 23.3. The second-order valence-electron chi connectivity index (χ2n) is 8.25. The molecule has 0 radical (unpaired) electrons. The lowest BCUT2D eigenvalue weighted by molar-refractivity contribution is 0.508. The molecular formula is C28H28O3S2. The van der Waals surface area contributed by atoms with Crippen molar-refractivity contribution in [1.82, 2.24) is 0 Å². The maximum Gasteiger partial charge on any atom is 0.307 e. The van der Waals surface area contributed by atoms with E-state index >= 15 is 0 Å². The van der Waals surface area contributed by atoms with Crippen LogP contribution in [-0.2, 0) is 13.7 Å². The number of benzene rings is 4. The van der Waals surface area contributed by atoms with Crippen LogP contribution in [0.3, 0.4) is 0 Å². The summed E-state index contributed by atoms with van der Waals surface area (Å²) in [5.41, 5.74) is 4.14. The fourth-order valence-corrected chi connectivity index (χ4v) is 9.82. The van der Waals surface area contributed by atoms with Gasteiger partial charge in [0.05, 0.1) is 4.90 Å². The average molecular weight is 477 g/mol. The minimum atomic E-state index is -4.09. The summed E-state index contributed by atoms with van der Waals surface area (Å²) in [4.78, 5) is 2.74. The third-order valence-corrected chi connectivity index (χ3v) is 11.0. The van der Waals surface area contributed by atoms with E-state index in [1.54, 1.807) is 24.3 Å². The van der Waals surface area contributed by atoms with Crippen LogP contribution in [0.5, 0.6) is 0 Å². The zero-order valence-corrected chi connectivity index (χ0v) is 20.9. The van der Waals surface area contributed by atoms with Gasteiger partial charge in [0, 0.05) is 14.7 Å². The summed E-state index contributed by atoms with van der Waals surface area (Å²) in [5.74, 6) is 0. The third-order valence-electron chi connectivity index (χ3n) is 5.54. The predicted octanol–water partition coefficient (Wildman–Crippen LogP) is 7.52. The summed E-state index contributed by atoms with van der Waals surface area (Å²) in [5, 5.41) is 0. The van der Waals surface area contributed by atoms with E-state index in [1.807, 2.05) is 81.4 Å². The van der Waals surface area contributed by atoms with Crippen LogP contribution < -0.4 is 0 Å². The molecule has 0 amide bonds. The van der Waals surface area contributed by atoms with Crippen LogP contribution in [0.1, 0.15) is 22.3 Å². The van der Waals surface area contributed by atoms with Crippen molar-refractivity contribution in [3.63, 3.8) is 0 Å². The highest BCUT2D eigenvalue weighted by molar-refractivity contribution is 8.33. The van der Waals surface area contributed by atoms with E-state index in [4.69, 9.17) is 3.63 Å². The van der Waals surface area contributed by atoms with E-state index in [1.165, 1.54) is 0 Å². The fourth-order valence-electron chi connectivity index (χ4n) is 4.21. The molecule has 170 valence electrons. The normalized spacial score (nSPS) is 12.5. The summed E-state index contributed by atoms with van der Waals surface area (Å²) in [6.07, 6.45) is 0. The van der Waals surface area contributed by atoms with Gasteiger partial charge in [-0.2, -0.15) is 8.42 Å². The Kier molecular flexibility index (Phi) is 6.48. The molecule has 0 bridgehead atoms. The standard InChI is InChI=1S/C28H28O3S2/c1-21-15-17-27(18-16-21)33(29,30)31-32(25-11-7-5-8-12-25,26-13-9-6-10-14-26)28-23(3)19-22(2)20-24(28)4/h5-20H,1-4H3. The molecule has 0 aliphatic heterocycles. The van der Waals surface area contributed by atoms with Gasteiger partial charge in [-0.25, -0.2) is 3.63 Å². The lowest BCUT2D eigenvalue weighted by Gasteiger charge is -2.41. The fraction of sp³-hybridized carbons (Fsp3) is 0.143. The van der Waals surface area contributed by atoms with Crippen LogP contribution >= 0.6 is 10.3 Å². The molecule has 0 saturated carbocycles. The van der Waals surface area contributed by atoms with Crippen molar-refractivity contribution in [2.24, 2.45) is 0 Å². The van der Waals surface area contributed by atoms with Gasteiger partial charge in [0.2, 0.25) is 0 Å². The van der Waals surface area contributed by atoms with Gasteiger partial charge in [0.15, 0.2) is 0 Å². The van der Waals surface area contributed by atoms with E-state index in [-0.39, 0.29) is 4.90 Å². The summed E-state index contributed by atoms with van der Waals surface area (Å²) in [6, 6.07) is 30.4. The molecular weight excluding hydrogens is 448 g/mol. The van der Waals surface area contributed by atoms with Gasteiger partial charge in [-0.05, 0) is 85.5 Å². The number of rotatable bonds is 6. The van der Waals surface area contributed by atoms with E-state index in [9.17, 15) is 8.42 Å². The van der Waals surface area contributed by atoms with Crippen LogP contribution in [0.15, 0.2) is 117 Å². The van der Waals surface area contributed by atoms with E-state index < -0.39 is 20.4 Å². The lowest BCUT2D eigenvalue weighted by atomic mass is 10.1. The minimum Gasteiger partial charge on any atom is -0.203 e. The molecule has 0 aliphatic carbocycles. The van der Waals surface area contributed by atoms with Crippen LogP contribution in [0.4, 0.5) is 0 Å². The second-order valence-corrected chi connectivity index (χ2v) is 12.6. The summed E-state index contributed by atoms with van der Waals surface area (Å²) in [7, 11) is -6.70. The highest BCUT2D eigenvalue weighted by Gasteiger charge is 2.40. The molecule has 4 aromatic rings. The molecule has 0 unspecified atom stereocenters. The van der Waals surface area contributed by atoms with Crippen LogP contribution in [0.2, 0.25) is 0 Å². The Hall–Kier alpha value is -2.86. The Morgan fingerprint density at radius 3 is 1.45 bits per heavy atom. The molecule has 0 saturated heterocycles. The first-order valence-electron chi connectivity index (χ1n) is 10.8. The molecule has 5 heteroatoms. The van der Waals surface area contributed by atoms with E-state index in [2.05, 4.69) is 19.1 Å². The molecule has 0 aromatic heterocycles. The molecule has 4 aromatic carbocycles. The zero-order chi connectivity index (χ0) is 23.6. The van der Waals surface area contributed by atoms with Crippen molar-refractivity contribution in [2.45, 2.75) is 47.3 Å². The molecule has 0 atom stereocenters. The van der Waals surface area contributed by atoms with Gasteiger partial charge in [0.25, 0.3) is 0 Å². The molecule has 0 heterocycles. The highest BCUT2D eigenvalue weighted by Crippen LogP contribution is 2.71. The molecule has 0 N–H and O–H groups in total. The van der Waals surface area contributed by atoms with Gasteiger partial charge in [-0.1, -0.05) is 71.8 Å². The van der Waals surface area contributed by atoms with E-state index in [0.717, 1.165) is 36.9 Å². The van der Waals surface area contributed by atoms with Crippen molar-refractivity contribution in [1.29, 1.82) is 0 Å². The minimum absolute atomic E-state index is 0.152. The van der Waals surface area contributed by atoms with Crippen molar-refractivity contribution < 1.29 is 12.0 Å².